The molecule has 4 heteroatoms. The Morgan fingerprint density at radius 1 is 1.29 bits per heavy atom. The summed E-state index contributed by atoms with van der Waals surface area (Å²) in [6.45, 7) is 8.50. The van der Waals surface area contributed by atoms with Gasteiger partial charge in [0.05, 0.1) is 6.61 Å². The zero-order valence-electron chi connectivity index (χ0n) is 13.5. The first-order valence-corrected chi connectivity index (χ1v) is 7.66. The van der Waals surface area contributed by atoms with Gasteiger partial charge in [-0.25, -0.2) is 0 Å². The minimum absolute atomic E-state index is 0.0297. The van der Waals surface area contributed by atoms with E-state index in [0.29, 0.717) is 13.0 Å². The van der Waals surface area contributed by atoms with Gasteiger partial charge >= 0.3 is 5.97 Å². The number of hydrogen-bond donors (Lipinski definition) is 2. The summed E-state index contributed by atoms with van der Waals surface area (Å²) in [5, 5.41) is 12.7. The summed E-state index contributed by atoms with van der Waals surface area (Å²) in [4.78, 5) is 11.5. The summed E-state index contributed by atoms with van der Waals surface area (Å²) in [7, 11) is 0. The molecule has 0 aliphatic heterocycles. The molecule has 2 atom stereocenters. The van der Waals surface area contributed by atoms with Crippen LogP contribution in [0.2, 0.25) is 0 Å². The highest BCUT2D eigenvalue weighted by molar-refractivity contribution is 5.78. The number of benzene rings is 1. The Labute approximate surface area is 127 Å². The summed E-state index contributed by atoms with van der Waals surface area (Å²) < 4.78 is 5.55. The van der Waals surface area contributed by atoms with Crippen LogP contribution in [0.3, 0.4) is 0 Å². The lowest BCUT2D eigenvalue weighted by atomic mass is 9.94. The van der Waals surface area contributed by atoms with Crippen LogP contribution in [-0.2, 0) is 4.79 Å². The molecule has 0 spiro atoms. The molecule has 0 saturated heterocycles. The van der Waals surface area contributed by atoms with E-state index >= 15 is 0 Å². The average Bonchev–Trinajstić information content (AvgIpc) is 2.45. The number of rotatable bonds is 9. The lowest BCUT2D eigenvalue weighted by Crippen LogP contribution is -2.50. The molecule has 0 radical (unpaired) electrons. The molecular weight excluding hydrogens is 266 g/mol. The molecular formula is C17H27NO3. The fourth-order valence-corrected chi connectivity index (χ4v) is 2.37. The van der Waals surface area contributed by atoms with Gasteiger partial charge in [-0.1, -0.05) is 32.4 Å². The van der Waals surface area contributed by atoms with Crippen molar-refractivity contribution in [2.75, 3.05) is 6.61 Å². The number of carbonyl (C=O) groups is 1. The van der Waals surface area contributed by atoms with Gasteiger partial charge in [0.15, 0.2) is 0 Å². The Bertz CT molecular complexity index is 444. The summed E-state index contributed by atoms with van der Waals surface area (Å²) in [6.07, 6.45) is 2.41. The Morgan fingerprint density at radius 3 is 2.38 bits per heavy atom. The lowest BCUT2D eigenvalue weighted by molar-refractivity contribution is -0.144. The molecule has 1 aromatic carbocycles. The third kappa shape index (κ3) is 5.05. The first-order valence-electron chi connectivity index (χ1n) is 7.66. The summed E-state index contributed by atoms with van der Waals surface area (Å²) >= 11 is 0. The van der Waals surface area contributed by atoms with E-state index in [1.807, 2.05) is 38.1 Å². The zero-order chi connectivity index (χ0) is 15.9. The summed E-state index contributed by atoms with van der Waals surface area (Å²) in [6, 6.07) is 7.80. The first-order chi connectivity index (χ1) is 9.92. The Hall–Kier alpha value is -1.55. The highest BCUT2D eigenvalue weighted by atomic mass is 16.5. The van der Waals surface area contributed by atoms with Crippen LogP contribution < -0.4 is 10.1 Å². The molecule has 4 nitrogen and oxygen atoms in total. The van der Waals surface area contributed by atoms with Crippen LogP contribution in [0.25, 0.3) is 0 Å². The van der Waals surface area contributed by atoms with Crippen LogP contribution in [0, 0.1) is 0 Å². The van der Waals surface area contributed by atoms with Gasteiger partial charge in [0.25, 0.3) is 0 Å². The Balaban J connectivity index is 2.73. The predicted octanol–water partition coefficient (Wildman–Crippen LogP) is 3.77. The van der Waals surface area contributed by atoms with E-state index in [2.05, 4.69) is 12.2 Å². The monoisotopic (exact) mass is 293 g/mol. The maximum atomic E-state index is 11.5. The van der Waals surface area contributed by atoms with Crippen molar-refractivity contribution in [3.05, 3.63) is 29.8 Å². The second kappa shape index (κ2) is 8.03. The van der Waals surface area contributed by atoms with Crippen molar-refractivity contribution in [1.29, 1.82) is 0 Å². The summed E-state index contributed by atoms with van der Waals surface area (Å²) in [5.41, 5.74) is 0.161. The predicted molar refractivity (Wildman–Crippen MR) is 84.7 cm³/mol. The van der Waals surface area contributed by atoms with E-state index in [1.165, 1.54) is 0 Å². The van der Waals surface area contributed by atoms with Crippen molar-refractivity contribution in [3.8, 4) is 5.75 Å². The van der Waals surface area contributed by atoms with Gasteiger partial charge in [0.1, 0.15) is 11.3 Å². The molecule has 0 aromatic heterocycles. The van der Waals surface area contributed by atoms with Gasteiger partial charge in [-0.2, -0.15) is 0 Å². The minimum Gasteiger partial charge on any atom is -0.494 e. The van der Waals surface area contributed by atoms with Gasteiger partial charge in [-0.3, -0.25) is 10.1 Å². The van der Waals surface area contributed by atoms with Crippen molar-refractivity contribution in [2.45, 2.75) is 58.5 Å². The minimum atomic E-state index is -0.897. The van der Waals surface area contributed by atoms with E-state index < -0.39 is 11.5 Å². The maximum Gasteiger partial charge on any atom is 0.323 e. The van der Waals surface area contributed by atoms with E-state index in [-0.39, 0.29) is 6.04 Å². The SMILES string of the molecule is CCCOc1ccc(C(C)NC(C)(CCC)C(=O)O)cc1. The van der Waals surface area contributed by atoms with E-state index in [0.717, 1.165) is 24.2 Å². The molecule has 2 unspecified atom stereocenters. The fourth-order valence-electron chi connectivity index (χ4n) is 2.37. The smallest absolute Gasteiger partial charge is 0.323 e. The van der Waals surface area contributed by atoms with Gasteiger partial charge in [-0.05, 0) is 44.4 Å². The van der Waals surface area contributed by atoms with Crippen molar-refractivity contribution in [2.24, 2.45) is 0 Å². The molecule has 21 heavy (non-hydrogen) atoms. The van der Waals surface area contributed by atoms with Gasteiger partial charge < -0.3 is 9.84 Å². The van der Waals surface area contributed by atoms with Gasteiger partial charge in [0, 0.05) is 6.04 Å². The molecule has 118 valence electrons. The molecule has 0 fully saturated rings. The highest BCUT2D eigenvalue weighted by Gasteiger charge is 2.33. The van der Waals surface area contributed by atoms with Crippen molar-refractivity contribution < 1.29 is 14.6 Å². The van der Waals surface area contributed by atoms with Crippen LogP contribution in [-0.4, -0.2) is 23.2 Å². The molecule has 0 heterocycles. The van der Waals surface area contributed by atoms with Crippen LogP contribution in [0.1, 0.15) is 58.6 Å². The van der Waals surface area contributed by atoms with Crippen molar-refractivity contribution in [1.82, 2.24) is 5.32 Å². The molecule has 1 rings (SSSR count). The number of aliphatic carboxylic acids is 1. The molecule has 0 amide bonds. The molecule has 0 bridgehead atoms. The number of carboxylic acid groups (broad SMARTS) is 1. The third-order valence-corrected chi connectivity index (χ3v) is 3.61. The van der Waals surface area contributed by atoms with Crippen molar-refractivity contribution >= 4 is 5.97 Å². The second-order valence-corrected chi connectivity index (χ2v) is 5.67. The molecule has 0 aliphatic rings. The largest absolute Gasteiger partial charge is 0.494 e. The van der Waals surface area contributed by atoms with Crippen LogP contribution in [0.5, 0.6) is 5.75 Å². The topological polar surface area (TPSA) is 58.6 Å². The maximum absolute atomic E-state index is 11.5. The van der Waals surface area contributed by atoms with E-state index in [4.69, 9.17) is 4.74 Å². The molecule has 1 aromatic rings. The average molecular weight is 293 g/mol. The summed E-state index contributed by atoms with van der Waals surface area (Å²) in [5.74, 6) is 0.0430. The second-order valence-electron chi connectivity index (χ2n) is 5.67. The van der Waals surface area contributed by atoms with Crippen molar-refractivity contribution in [3.63, 3.8) is 0 Å². The van der Waals surface area contributed by atoms with Gasteiger partial charge in [-0.15, -0.1) is 0 Å². The first kappa shape index (κ1) is 17.5. The highest BCUT2D eigenvalue weighted by Crippen LogP contribution is 2.22. The number of hydrogen-bond acceptors (Lipinski definition) is 3. The van der Waals surface area contributed by atoms with Gasteiger partial charge in [0.2, 0.25) is 0 Å². The standard InChI is InChI=1S/C17H27NO3/c1-5-11-17(4,16(19)20)18-13(3)14-7-9-15(10-8-14)21-12-6-2/h7-10,13,18H,5-6,11-12H2,1-4H3,(H,19,20). The lowest BCUT2D eigenvalue weighted by Gasteiger charge is -2.30. The third-order valence-electron chi connectivity index (χ3n) is 3.61. The van der Waals surface area contributed by atoms with E-state index in [9.17, 15) is 9.90 Å². The molecule has 0 saturated carbocycles. The van der Waals surface area contributed by atoms with Crippen LogP contribution in [0.4, 0.5) is 0 Å². The van der Waals surface area contributed by atoms with Crippen LogP contribution in [0.15, 0.2) is 24.3 Å². The Morgan fingerprint density at radius 2 is 1.90 bits per heavy atom. The normalized spacial score (nSPS) is 15.2. The molecule has 0 aliphatic carbocycles. The zero-order valence-corrected chi connectivity index (χ0v) is 13.5. The number of nitrogens with one attached hydrogen (secondary N) is 1. The van der Waals surface area contributed by atoms with E-state index in [1.54, 1.807) is 6.92 Å². The van der Waals surface area contributed by atoms with Crippen LogP contribution >= 0.6 is 0 Å². The number of carboxylic acids is 1. The molecule has 2 N–H and O–H groups in total. The number of ether oxygens (including phenoxy) is 1. The fraction of sp³-hybridized carbons (Fsp3) is 0.588. The quantitative estimate of drug-likeness (QED) is 0.727. The Kier molecular flexibility index (Phi) is 6.69.